The molecule has 1 heterocycles. The van der Waals surface area contributed by atoms with Gasteiger partial charge in [0.2, 0.25) is 5.76 Å². The van der Waals surface area contributed by atoms with Crippen molar-refractivity contribution in [1.29, 1.82) is 0 Å². The van der Waals surface area contributed by atoms with E-state index in [9.17, 15) is 14.0 Å². The van der Waals surface area contributed by atoms with Gasteiger partial charge in [0.05, 0.1) is 18.6 Å². The quantitative estimate of drug-likeness (QED) is 0.506. The van der Waals surface area contributed by atoms with Crippen LogP contribution in [-0.4, -0.2) is 19.2 Å². The van der Waals surface area contributed by atoms with Gasteiger partial charge < -0.3 is 13.9 Å². The topological polar surface area (TPSA) is 65.7 Å². The molecule has 0 aliphatic carbocycles. The second kappa shape index (κ2) is 7.61. The molecule has 0 saturated carbocycles. The van der Waals surface area contributed by atoms with Crippen LogP contribution in [0.5, 0.6) is 5.75 Å². The molecule has 0 spiro atoms. The van der Waals surface area contributed by atoms with E-state index in [1.165, 1.54) is 24.3 Å². The molecular formula is C19H15FO5. The van der Waals surface area contributed by atoms with E-state index < -0.39 is 5.97 Å². The maximum absolute atomic E-state index is 12.8. The molecule has 3 aromatic rings. The molecule has 0 bridgehead atoms. The molecule has 128 valence electrons. The van der Waals surface area contributed by atoms with Gasteiger partial charge in [-0.3, -0.25) is 4.79 Å². The van der Waals surface area contributed by atoms with Crippen LogP contribution in [0.15, 0.2) is 63.8 Å². The summed E-state index contributed by atoms with van der Waals surface area (Å²) < 4.78 is 28.6. The molecule has 0 aliphatic heterocycles. The standard InChI is InChI=1S/C19H15FO5/c20-13-6-8-14(9-7-13)23-10-3-11-24-19(22)18-12-16(21)15-4-1-2-5-17(15)25-18/h1-2,4-9,12H,3,10-11H2. The fourth-order valence-electron chi connectivity index (χ4n) is 2.22. The van der Waals surface area contributed by atoms with Crippen molar-refractivity contribution in [1.82, 2.24) is 0 Å². The van der Waals surface area contributed by atoms with E-state index in [1.54, 1.807) is 24.3 Å². The predicted octanol–water partition coefficient (Wildman–Crippen LogP) is 3.56. The van der Waals surface area contributed by atoms with Gasteiger partial charge in [0.25, 0.3) is 0 Å². The molecule has 0 radical (unpaired) electrons. The maximum atomic E-state index is 12.8. The molecule has 0 atom stereocenters. The number of para-hydroxylation sites is 1. The Kier molecular flexibility index (Phi) is 5.09. The molecule has 0 unspecified atom stereocenters. The molecule has 1 aromatic heterocycles. The number of carbonyl (C=O) groups excluding carboxylic acids is 1. The van der Waals surface area contributed by atoms with Gasteiger partial charge in [-0.15, -0.1) is 0 Å². The molecule has 0 amide bonds. The van der Waals surface area contributed by atoms with E-state index in [0.29, 0.717) is 29.7 Å². The molecule has 5 nitrogen and oxygen atoms in total. The van der Waals surface area contributed by atoms with Crippen LogP contribution in [0.1, 0.15) is 17.0 Å². The third-order valence-corrected chi connectivity index (χ3v) is 3.44. The van der Waals surface area contributed by atoms with Crippen LogP contribution in [-0.2, 0) is 4.74 Å². The summed E-state index contributed by atoms with van der Waals surface area (Å²) in [5, 5.41) is 0.409. The van der Waals surface area contributed by atoms with E-state index in [2.05, 4.69) is 0 Å². The van der Waals surface area contributed by atoms with Gasteiger partial charge in [0.1, 0.15) is 17.1 Å². The summed E-state index contributed by atoms with van der Waals surface area (Å²) in [6.45, 7) is 0.414. The van der Waals surface area contributed by atoms with Crippen LogP contribution >= 0.6 is 0 Å². The van der Waals surface area contributed by atoms with Gasteiger partial charge in [-0.25, -0.2) is 9.18 Å². The Labute approximate surface area is 142 Å². The minimum absolute atomic E-state index is 0.108. The Hall–Kier alpha value is -3.15. The van der Waals surface area contributed by atoms with Gasteiger partial charge in [-0.2, -0.15) is 0 Å². The first-order valence-electron chi connectivity index (χ1n) is 7.72. The van der Waals surface area contributed by atoms with Crippen molar-refractivity contribution in [3.63, 3.8) is 0 Å². The number of rotatable bonds is 6. The molecule has 0 N–H and O–H groups in total. The lowest BCUT2D eigenvalue weighted by Crippen LogP contribution is -2.12. The third kappa shape index (κ3) is 4.23. The smallest absolute Gasteiger partial charge is 0.374 e. The fraction of sp³-hybridized carbons (Fsp3) is 0.158. The molecule has 3 rings (SSSR count). The highest BCUT2D eigenvalue weighted by Crippen LogP contribution is 2.13. The molecule has 25 heavy (non-hydrogen) atoms. The Morgan fingerprint density at radius 1 is 1.04 bits per heavy atom. The van der Waals surface area contributed by atoms with Crippen molar-refractivity contribution in [2.75, 3.05) is 13.2 Å². The summed E-state index contributed by atoms with van der Waals surface area (Å²) in [6.07, 6.45) is 0.445. The molecule has 2 aromatic carbocycles. The van der Waals surface area contributed by atoms with Crippen LogP contribution in [0.2, 0.25) is 0 Å². The fourth-order valence-corrected chi connectivity index (χ4v) is 2.22. The SMILES string of the molecule is O=C(OCCCOc1ccc(F)cc1)c1cc(=O)c2ccccc2o1. The first-order valence-corrected chi connectivity index (χ1v) is 7.72. The van der Waals surface area contributed by atoms with Gasteiger partial charge in [0, 0.05) is 12.5 Å². The Morgan fingerprint density at radius 2 is 1.80 bits per heavy atom. The largest absolute Gasteiger partial charge is 0.493 e. The number of carbonyl (C=O) groups is 1. The highest BCUT2D eigenvalue weighted by atomic mass is 19.1. The lowest BCUT2D eigenvalue weighted by Gasteiger charge is -2.07. The van der Waals surface area contributed by atoms with Crippen molar-refractivity contribution in [3.05, 3.63) is 76.4 Å². The zero-order chi connectivity index (χ0) is 17.6. The van der Waals surface area contributed by atoms with E-state index in [0.717, 1.165) is 6.07 Å². The Morgan fingerprint density at radius 3 is 2.60 bits per heavy atom. The molecule has 6 heteroatoms. The van der Waals surface area contributed by atoms with Crippen LogP contribution in [0.3, 0.4) is 0 Å². The summed E-state index contributed by atoms with van der Waals surface area (Å²) in [7, 11) is 0. The van der Waals surface area contributed by atoms with Crippen molar-refractivity contribution in [2.45, 2.75) is 6.42 Å². The number of fused-ring (bicyclic) bond motifs is 1. The molecule has 0 fully saturated rings. The Bertz CT molecular complexity index is 930. The minimum atomic E-state index is -0.704. The number of benzene rings is 2. The predicted molar refractivity (Wildman–Crippen MR) is 89.3 cm³/mol. The number of hydrogen-bond acceptors (Lipinski definition) is 5. The zero-order valence-electron chi connectivity index (χ0n) is 13.2. The maximum Gasteiger partial charge on any atom is 0.374 e. The lowest BCUT2D eigenvalue weighted by molar-refractivity contribution is 0.0450. The minimum Gasteiger partial charge on any atom is -0.493 e. The van der Waals surface area contributed by atoms with Gasteiger partial charge in [-0.05, 0) is 36.4 Å². The van der Waals surface area contributed by atoms with E-state index in [1.807, 2.05) is 0 Å². The van der Waals surface area contributed by atoms with Crippen LogP contribution < -0.4 is 10.2 Å². The summed E-state index contributed by atoms with van der Waals surface area (Å²) in [4.78, 5) is 23.9. The molecular weight excluding hydrogens is 327 g/mol. The number of halogens is 1. The highest BCUT2D eigenvalue weighted by molar-refractivity contribution is 5.88. The zero-order valence-corrected chi connectivity index (χ0v) is 13.2. The van der Waals surface area contributed by atoms with Crippen LogP contribution in [0, 0.1) is 5.82 Å². The third-order valence-electron chi connectivity index (χ3n) is 3.44. The van der Waals surface area contributed by atoms with Crippen molar-refractivity contribution >= 4 is 16.9 Å². The normalized spacial score (nSPS) is 10.6. The Balaban J connectivity index is 1.51. The average Bonchev–Trinajstić information content (AvgIpc) is 2.63. The summed E-state index contributed by atoms with van der Waals surface area (Å²) in [5.74, 6) is -0.640. The number of esters is 1. The lowest BCUT2D eigenvalue weighted by atomic mass is 10.2. The van der Waals surface area contributed by atoms with Gasteiger partial charge >= 0.3 is 5.97 Å². The first-order chi connectivity index (χ1) is 12.1. The number of ether oxygens (including phenoxy) is 2. The van der Waals surface area contributed by atoms with E-state index in [-0.39, 0.29) is 23.6 Å². The summed E-state index contributed by atoms with van der Waals surface area (Å²) in [5.41, 5.74) is 0.0371. The molecule has 0 aliphatic rings. The second-order valence-corrected chi connectivity index (χ2v) is 5.26. The van der Waals surface area contributed by atoms with Crippen molar-refractivity contribution < 1.29 is 23.1 Å². The molecule has 0 saturated heterocycles. The van der Waals surface area contributed by atoms with E-state index in [4.69, 9.17) is 13.9 Å². The highest BCUT2D eigenvalue weighted by Gasteiger charge is 2.13. The van der Waals surface area contributed by atoms with Crippen molar-refractivity contribution in [3.8, 4) is 5.75 Å². The van der Waals surface area contributed by atoms with Crippen molar-refractivity contribution in [2.24, 2.45) is 0 Å². The van der Waals surface area contributed by atoms with Crippen LogP contribution in [0.4, 0.5) is 4.39 Å². The summed E-state index contributed by atoms with van der Waals surface area (Å²) >= 11 is 0. The number of hydrogen-bond donors (Lipinski definition) is 0. The van der Waals surface area contributed by atoms with Gasteiger partial charge in [0.15, 0.2) is 5.43 Å². The monoisotopic (exact) mass is 342 g/mol. The first kappa shape index (κ1) is 16.7. The second-order valence-electron chi connectivity index (χ2n) is 5.26. The van der Waals surface area contributed by atoms with Gasteiger partial charge in [-0.1, -0.05) is 12.1 Å². The van der Waals surface area contributed by atoms with Crippen LogP contribution in [0.25, 0.3) is 11.0 Å². The van der Waals surface area contributed by atoms with E-state index >= 15 is 0 Å². The summed E-state index contributed by atoms with van der Waals surface area (Å²) in [6, 6.07) is 13.4. The average molecular weight is 342 g/mol.